The van der Waals surface area contributed by atoms with Crippen LogP contribution < -0.4 is 5.32 Å². The first-order valence-electron chi connectivity index (χ1n) is 8.92. The monoisotopic (exact) mass is 359 g/mol. The van der Waals surface area contributed by atoms with E-state index in [-0.39, 0.29) is 5.60 Å². The van der Waals surface area contributed by atoms with Crippen LogP contribution in [0.1, 0.15) is 56.2 Å². The first-order valence-corrected chi connectivity index (χ1v) is 9.73. The van der Waals surface area contributed by atoms with E-state index in [1.54, 1.807) is 11.3 Å². The van der Waals surface area contributed by atoms with Gasteiger partial charge in [0.15, 0.2) is 11.5 Å². The van der Waals surface area contributed by atoms with Gasteiger partial charge in [-0.25, -0.2) is 9.97 Å². The first-order chi connectivity index (χ1) is 11.9. The Labute approximate surface area is 151 Å². The third-order valence-corrected chi connectivity index (χ3v) is 6.03. The van der Waals surface area contributed by atoms with E-state index in [1.165, 1.54) is 10.4 Å². The molecular formula is C18H25N5OS. The molecule has 1 N–H and O–H groups in total. The fourth-order valence-electron chi connectivity index (χ4n) is 3.27. The number of ether oxygens (including phenoxy) is 1. The molecule has 4 heterocycles. The molecule has 0 aliphatic carbocycles. The third kappa shape index (κ3) is 2.94. The SMILES string of the molecule is CCC(C)NCc1nc2c3c4c(sc3nc(C)n2n1)COC(C)(C)C4. The van der Waals surface area contributed by atoms with E-state index in [2.05, 4.69) is 38.1 Å². The second-order valence-corrected chi connectivity index (χ2v) is 8.61. The topological polar surface area (TPSA) is 64.3 Å². The maximum atomic E-state index is 5.98. The van der Waals surface area contributed by atoms with Crippen molar-refractivity contribution >= 4 is 27.2 Å². The number of rotatable bonds is 4. The van der Waals surface area contributed by atoms with Gasteiger partial charge in [0.25, 0.3) is 0 Å². The van der Waals surface area contributed by atoms with Crippen molar-refractivity contribution in [3.05, 3.63) is 22.1 Å². The molecule has 0 saturated carbocycles. The highest BCUT2D eigenvalue weighted by Gasteiger charge is 2.31. The number of thiophene rings is 1. The lowest BCUT2D eigenvalue weighted by atomic mass is 9.94. The van der Waals surface area contributed by atoms with Crippen LogP contribution in [0, 0.1) is 6.92 Å². The standard InChI is InChI=1S/C18H25N5OS/c1-6-10(2)19-8-14-21-16-15-12-7-18(4,5)24-9-13(12)25-17(15)20-11(3)23(16)22-14/h10,19H,6-9H2,1-5H3. The molecule has 25 heavy (non-hydrogen) atoms. The average Bonchev–Trinajstić information content (AvgIpc) is 3.12. The highest BCUT2D eigenvalue weighted by atomic mass is 32.1. The lowest BCUT2D eigenvalue weighted by Gasteiger charge is -2.30. The van der Waals surface area contributed by atoms with E-state index in [9.17, 15) is 0 Å². The second-order valence-electron chi connectivity index (χ2n) is 7.52. The Morgan fingerprint density at radius 2 is 2.16 bits per heavy atom. The minimum absolute atomic E-state index is 0.149. The van der Waals surface area contributed by atoms with E-state index in [1.807, 2.05) is 11.4 Å². The molecule has 7 heteroatoms. The van der Waals surface area contributed by atoms with Crippen LogP contribution in [0.3, 0.4) is 0 Å². The number of nitrogens with one attached hydrogen (secondary N) is 1. The molecule has 1 unspecified atom stereocenters. The van der Waals surface area contributed by atoms with Crippen LogP contribution in [-0.2, 0) is 24.3 Å². The quantitative estimate of drug-likeness (QED) is 0.773. The van der Waals surface area contributed by atoms with E-state index in [0.717, 1.165) is 40.4 Å². The number of aryl methyl sites for hydroxylation is 1. The number of hydrogen-bond acceptors (Lipinski definition) is 6. The van der Waals surface area contributed by atoms with Crippen molar-refractivity contribution in [2.45, 2.75) is 72.3 Å². The van der Waals surface area contributed by atoms with Crippen molar-refractivity contribution in [2.24, 2.45) is 0 Å². The van der Waals surface area contributed by atoms with Crippen LogP contribution in [0.5, 0.6) is 0 Å². The van der Waals surface area contributed by atoms with Crippen LogP contribution >= 0.6 is 11.3 Å². The zero-order valence-corrected chi connectivity index (χ0v) is 16.3. The molecule has 0 radical (unpaired) electrons. The molecule has 1 aliphatic rings. The van der Waals surface area contributed by atoms with Gasteiger partial charge >= 0.3 is 0 Å². The largest absolute Gasteiger partial charge is 0.370 e. The Morgan fingerprint density at radius 1 is 1.36 bits per heavy atom. The highest BCUT2D eigenvalue weighted by Crippen LogP contribution is 2.39. The molecule has 6 nitrogen and oxygen atoms in total. The summed E-state index contributed by atoms with van der Waals surface area (Å²) >= 11 is 1.73. The summed E-state index contributed by atoms with van der Waals surface area (Å²) in [6.07, 6.45) is 1.97. The van der Waals surface area contributed by atoms with Crippen LogP contribution in [0.15, 0.2) is 0 Å². The van der Waals surface area contributed by atoms with Crippen molar-refractivity contribution in [1.29, 1.82) is 0 Å². The summed E-state index contributed by atoms with van der Waals surface area (Å²) in [6.45, 7) is 12.0. The summed E-state index contributed by atoms with van der Waals surface area (Å²) in [6, 6.07) is 0.456. The summed E-state index contributed by atoms with van der Waals surface area (Å²) in [5.41, 5.74) is 2.12. The summed E-state index contributed by atoms with van der Waals surface area (Å²) in [5, 5.41) is 9.31. The van der Waals surface area contributed by atoms with Gasteiger partial charge in [0.1, 0.15) is 10.7 Å². The Morgan fingerprint density at radius 3 is 2.92 bits per heavy atom. The highest BCUT2D eigenvalue weighted by molar-refractivity contribution is 7.19. The van der Waals surface area contributed by atoms with Crippen molar-refractivity contribution in [3.63, 3.8) is 0 Å². The molecule has 134 valence electrons. The number of hydrogen-bond donors (Lipinski definition) is 1. The molecule has 1 atom stereocenters. The molecule has 4 rings (SSSR count). The molecule has 0 saturated heterocycles. The van der Waals surface area contributed by atoms with Crippen molar-refractivity contribution in [2.75, 3.05) is 0 Å². The smallest absolute Gasteiger partial charge is 0.168 e. The Balaban J connectivity index is 1.84. The minimum atomic E-state index is -0.149. The molecule has 1 aliphatic heterocycles. The predicted molar refractivity (Wildman–Crippen MR) is 100 cm³/mol. The van der Waals surface area contributed by atoms with Gasteiger partial charge < -0.3 is 10.1 Å². The maximum Gasteiger partial charge on any atom is 0.168 e. The maximum absolute atomic E-state index is 5.98. The molecular weight excluding hydrogens is 334 g/mol. The van der Waals surface area contributed by atoms with E-state index < -0.39 is 0 Å². The normalized spacial score (nSPS) is 18.0. The van der Waals surface area contributed by atoms with E-state index >= 15 is 0 Å². The lowest BCUT2D eigenvalue weighted by Crippen LogP contribution is -2.31. The third-order valence-electron chi connectivity index (χ3n) is 4.93. The van der Waals surface area contributed by atoms with Crippen LogP contribution in [-0.4, -0.2) is 31.2 Å². The van der Waals surface area contributed by atoms with E-state index in [0.29, 0.717) is 19.2 Å². The predicted octanol–water partition coefficient (Wildman–Crippen LogP) is 3.39. The van der Waals surface area contributed by atoms with Gasteiger partial charge in [-0.15, -0.1) is 16.4 Å². The first kappa shape index (κ1) is 16.9. The van der Waals surface area contributed by atoms with E-state index in [4.69, 9.17) is 14.7 Å². The summed E-state index contributed by atoms with van der Waals surface area (Å²) in [7, 11) is 0. The molecule has 0 bridgehead atoms. The molecule has 3 aromatic rings. The Bertz CT molecular complexity index is 942. The number of fused-ring (bicyclic) bond motifs is 5. The summed E-state index contributed by atoms with van der Waals surface area (Å²) in [4.78, 5) is 12.0. The van der Waals surface area contributed by atoms with Gasteiger partial charge in [0, 0.05) is 17.3 Å². The fraction of sp³-hybridized carbons (Fsp3) is 0.611. The zero-order valence-electron chi connectivity index (χ0n) is 15.5. The van der Waals surface area contributed by atoms with Crippen LogP contribution in [0.25, 0.3) is 15.9 Å². The van der Waals surface area contributed by atoms with Crippen molar-refractivity contribution < 1.29 is 4.74 Å². The molecule has 0 amide bonds. The van der Waals surface area contributed by atoms with Gasteiger partial charge in [-0.2, -0.15) is 4.52 Å². The Kier molecular flexibility index (Phi) is 4.05. The Hall–Kier alpha value is -1.57. The van der Waals surface area contributed by atoms with Crippen molar-refractivity contribution in [1.82, 2.24) is 24.9 Å². The molecule has 0 fully saturated rings. The second kappa shape index (κ2) is 6.00. The fourth-order valence-corrected chi connectivity index (χ4v) is 4.41. The van der Waals surface area contributed by atoms with Gasteiger partial charge in [-0.3, -0.25) is 0 Å². The van der Waals surface area contributed by atoms with Crippen LogP contribution in [0.2, 0.25) is 0 Å². The summed E-state index contributed by atoms with van der Waals surface area (Å²) in [5.74, 6) is 1.70. The zero-order chi connectivity index (χ0) is 17.8. The van der Waals surface area contributed by atoms with Gasteiger partial charge in [-0.1, -0.05) is 6.92 Å². The summed E-state index contributed by atoms with van der Waals surface area (Å²) < 4.78 is 7.87. The van der Waals surface area contributed by atoms with Crippen LogP contribution in [0.4, 0.5) is 0 Å². The van der Waals surface area contributed by atoms with Gasteiger partial charge in [-0.05, 0) is 39.7 Å². The lowest BCUT2D eigenvalue weighted by molar-refractivity contribution is -0.0379. The number of aromatic nitrogens is 4. The molecule has 0 spiro atoms. The molecule has 0 aromatic carbocycles. The van der Waals surface area contributed by atoms with Gasteiger partial charge in [0.2, 0.25) is 0 Å². The van der Waals surface area contributed by atoms with Crippen molar-refractivity contribution in [3.8, 4) is 0 Å². The average molecular weight is 359 g/mol. The van der Waals surface area contributed by atoms with Gasteiger partial charge in [0.05, 0.1) is 24.1 Å². The minimum Gasteiger partial charge on any atom is -0.370 e. The number of nitrogens with zero attached hydrogens (tertiary/aromatic N) is 4. The molecule has 3 aromatic heterocycles.